The number of alkyl carbamates (subject to hydrolysis) is 1. The van der Waals surface area contributed by atoms with Crippen LogP contribution in [0.1, 0.15) is 113 Å². The molecule has 6 aliphatic rings. The van der Waals surface area contributed by atoms with Crippen molar-refractivity contribution in [2.75, 3.05) is 20.3 Å². The number of ether oxygens (including phenoxy) is 4. The number of methoxy groups -OCH3 is 1. The molecule has 3 N–H and O–H groups in total. The molecule has 0 radical (unpaired) electrons. The first-order valence-corrected chi connectivity index (χ1v) is 18.0. The molecule has 2 spiro atoms. The first-order valence-electron chi connectivity index (χ1n) is 18.0. The number of hydrogen-bond acceptors (Lipinski definition) is 8. The van der Waals surface area contributed by atoms with E-state index in [9.17, 15) is 19.8 Å². The molecule has 0 aromatic rings. The van der Waals surface area contributed by atoms with Crippen molar-refractivity contribution < 1.29 is 38.7 Å². The smallest absolute Gasteiger partial charge is 0.407 e. The van der Waals surface area contributed by atoms with Crippen molar-refractivity contribution in [3.63, 3.8) is 0 Å². The Morgan fingerprint density at radius 3 is 2.26 bits per heavy atom. The van der Waals surface area contributed by atoms with E-state index < -0.39 is 23.8 Å². The molecule has 6 rings (SSSR count). The summed E-state index contributed by atoms with van der Waals surface area (Å²) in [6.45, 7) is 17.6. The van der Waals surface area contributed by atoms with Gasteiger partial charge in [-0.25, -0.2) is 4.79 Å². The maximum absolute atomic E-state index is 12.8. The van der Waals surface area contributed by atoms with Gasteiger partial charge in [-0.2, -0.15) is 0 Å². The number of nitrogens with one attached hydrogen (secondary N) is 1. The summed E-state index contributed by atoms with van der Waals surface area (Å²) in [5.74, 6) is 1.02. The van der Waals surface area contributed by atoms with Crippen molar-refractivity contribution in [2.24, 2.45) is 50.7 Å². The van der Waals surface area contributed by atoms with Crippen molar-refractivity contribution in [1.29, 1.82) is 0 Å². The summed E-state index contributed by atoms with van der Waals surface area (Å²) >= 11 is 0. The molecule has 0 aromatic carbocycles. The van der Waals surface area contributed by atoms with Gasteiger partial charge in [0.15, 0.2) is 6.10 Å². The molecule has 1 heterocycles. The molecular weight excluding hydrogens is 586 g/mol. The van der Waals surface area contributed by atoms with Crippen LogP contribution in [-0.4, -0.2) is 78.7 Å². The van der Waals surface area contributed by atoms with Gasteiger partial charge in [0, 0.05) is 24.9 Å². The van der Waals surface area contributed by atoms with Crippen molar-refractivity contribution in [1.82, 2.24) is 5.32 Å². The molecular formula is C37H61NO8. The van der Waals surface area contributed by atoms with Crippen LogP contribution < -0.4 is 5.32 Å². The lowest BCUT2D eigenvalue weighted by molar-refractivity contribution is -0.186. The lowest BCUT2D eigenvalue weighted by Gasteiger charge is -2.63. The highest BCUT2D eigenvalue weighted by Gasteiger charge is 2.83. The Morgan fingerprint density at radius 2 is 1.67 bits per heavy atom. The molecule has 262 valence electrons. The van der Waals surface area contributed by atoms with Crippen LogP contribution in [0.25, 0.3) is 0 Å². The standard InChI is InChI=1S/C37H61NO8/c1-21(16-25(43-9)30(33(5,6)42)45-22(2)39)24-17-28(40)35(8)27-11-10-26-32(3,4)29(46-31(41)38-23-18-44-19-23)12-13-36(26)20-37(27,36)15-14-34(24,35)7/h21,23-30,40,42H,10-20H2,1-9H3,(H,38,41)/t21-,24-,25?,26+,27?,28+,29?,30?,34?,35-,36?,37?/m1/s1. The SMILES string of the molecule is COC(C[C@@H](C)[C@H]1C[C@H](O)[C@@]2(C)C3CC[C@H]4C(C)(C)C(OC(=O)NC5COC5)CCC45CC35CCC12C)C(OC(C)=O)C(C)(C)O. The molecule has 0 aromatic heterocycles. The third kappa shape index (κ3) is 4.90. The number of aliphatic hydroxyl groups is 2. The van der Waals surface area contributed by atoms with Crippen molar-refractivity contribution in [2.45, 2.75) is 149 Å². The first kappa shape index (κ1) is 34.4. The van der Waals surface area contributed by atoms with E-state index >= 15 is 0 Å². The third-order valence-electron chi connectivity index (χ3n) is 15.3. The predicted octanol–water partition coefficient (Wildman–Crippen LogP) is 5.63. The van der Waals surface area contributed by atoms with Crippen molar-refractivity contribution in [3.8, 4) is 0 Å². The number of rotatable bonds is 9. The molecule has 9 nitrogen and oxygen atoms in total. The van der Waals surface area contributed by atoms with Gasteiger partial charge in [0.05, 0.1) is 37.1 Å². The zero-order chi connectivity index (χ0) is 33.7. The van der Waals surface area contributed by atoms with E-state index in [1.807, 2.05) is 0 Å². The van der Waals surface area contributed by atoms with Gasteiger partial charge in [0.2, 0.25) is 0 Å². The molecule has 46 heavy (non-hydrogen) atoms. The summed E-state index contributed by atoms with van der Waals surface area (Å²) < 4.78 is 22.8. The quantitative estimate of drug-likeness (QED) is 0.275. The molecule has 12 atom stereocenters. The highest BCUT2D eigenvalue weighted by molar-refractivity contribution is 5.68. The van der Waals surface area contributed by atoms with Crippen molar-refractivity contribution >= 4 is 12.1 Å². The predicted molar refractivity (Wildman–Crippen MR) is 173 cm³/mol. The summed E-state index contributed by atoms with van der Waals surface area (Å²) in [5, 5.41) is 26.0. The minimum Gasteiger partial charge on any atom is -0.457 e. The van der Waals surface area contributed by atoms with Crippen LogP contribution in [0.5, 0.6) is 0 Å². The Morgan fingerprint density at radius 1 is 1.02 bits per heavy atom. The fourth-order valence-electron chi connectivity index (χ4n) is 12.9. The zero-order valence-corrected chi connectivity index (χ0v) is 29.8. The Bertz CT molecular complexity index is 1200. The minimum atomic E-state index is -1.25. The van der Waals surface area contributed by atoms with E-state index in [1.165, 1.54) is 19.8 Å². The maximum atomic E-state index is 12.8. The van der Waals surface area contributed by atoms with Gasteiger partial charge in [-0.15, -0.1) is 0 Å². The van der Waals surface area contributed by atoms with Crippen LogP contribution in [0.3, 0.4) is 0 Å². The van der Waals surface area contributed by atoms with Crippen LogP contribution in [0.15, 0.2) is 0 Å². The molecule has 7 unspecified atom stereocenters. The van der Waals surface area contributed by atoms with Gasteiger partial charge >= 0.3 is 12.1 Å². The fourth-order valence-corrected chi connectivity index (χ4v) is 12.9. The number of amides is 1. The van der Waals surface area contributed by atoms with Crippen LogP contribution in [0.4, 0.5) is 4.79 Å². The van der Waals surface area contributed by atoms with E-state index in [2.05, 4.69) is 39.9 Å². The minimum absolute atomic E-state index is 0.0402. The van der Waals surface area contributed by atoms with Gasteiger partial charge in [-0.05, 0) is 112 Å². The normalized spacial score (nSPS) is 44.6. The largest absolute Gasteiger partial charge is 0.457 e. The molecule has 9 heteroatoms. The monoisotopic (exact) mass is 647 g/mol. The lowest BCUT2D eigenvalue weighted by atomic mass is 9.41. The highest BCUT2D eigenvalue weighted by atomic mass is 16.6. The topological polar surface area (TPSA) is 124 Å². The average molecular weight is 648 g/mol. The van der Waals surface area contributed by atoms with Crippen LogP contribution >= 0.6 is 0 Å². The highest BCUT2D eigenvalue weighted by Crippen LogP contribution is 2.89. The lowest BCUT2D eigenvalue weighted by Crippen LogP contribution is -2.60. The van der Waals surface area contributed by atoms with Gasteiger partial charge in [-0.3, -0.25) is 4.79 Å². The van der Waals surface area contributed by atoms with E-state index in [-0.39, 0.29) is 63.3 Å². The molecule has 0 bridgehead atoms. The van der Waals surface area contributed by atoms with Gasteiger partial charge in [0.1, 0.15) is 6.10 Å². The van der Waals surface area contributed by atoms with E-state index in [1.54, 1.807) is 21.0 Å². The number of carbonyl (C=O) groups is 2. The summed E-state index contributed by atoms with van der Waals surface area (Å²) in [5.41, 5.74) is -1.09. The zero-order valence-electron chi connectivity index (χ0n) is 29.8. The Kier molecular flexibility index (Phi) is 8.47. The number of fused-ring (bicyclic) bond motifs is 2. The van der Waals surface area contributed by atoms with Crippen LogP contribution in [0.2, 0.25) is 0 Å². The summed E-state index contributed by atoms with van der Waals surface area (Å²) in [6, 6.07) is 0.0616. The molecule has 5 aliphatic carbocycles. The second-order valence-electron chi connectivity index (χ2n) is 18.0. The second-order valence-corrected chi connectivity index (χ2v) is 18.0. The summed E-state index contributed by atoms with van der Waals surface area (Å²) in [7, 11) is 1.63. The van der Waals surface area contributed by atoms with Crippen LogP contribution in [-0.2, 0) is 23.7 Å². The average Bonchev–Trinajstić information content (AvgIpc) is 3.56. The van der Waals surface area contributed by atoms with Gasteiger partial charge < -0.3 is 34.5 Å². The fraction of sp³-hybridized carbons (Fsp3) is 0.946. The van der Waals surface area contributed by atoms with E-state index in [0.29, 0.717) is 31.5 Å². The molecule has 1 saturated heterocycles. The van der Waals surface area contributed by atoms with E-state index in [4.69, 9.17) is 18.9 Å². The Labute approximate surface area is 276 Å². The maximum Gasteiger partial charge on any atom is 0.407 e. The second kappa shape index (κ2) is 11.3. The third-order valence-corrected chi connectivity index (χ3v) is 15.3. The number of esters is 1. The molecule has 6 fully saturated rings. The Balaban J connectivity index is 1.20. The van der Waals surface area contributed by atoms with Gasteiger partial charge in [-0.1, -0.05) is 34.6 Å². The Hall–Kier alpha value is -1.42. The molecule has 5 saturated carbocycles. The first-order chi connectivity index (χ1) is 21.4. The van der Waals surface area contributed by atoms with Gasteiger partial charge in [0.25, 0.3) is 0 Å². The number of carbonyl (C=O) groups excluding carboxylic acids is 2. The van der Waals surface area contributed by atoms with E-state index in [0.717, 1.165) is 38.5 Å². The number of aliphatic hydroxyl groups excluding tert-OH is 1. The summed E-state index contributed by atoms with van der Waals surface area (Å²) in [4.78, 5) is 24.7. The van der Waals surface area contributed by atoms with Crippen molar-refractivity contribution in [3.05, 3.63) is 0 Å². The molecule has 1 aliphatic heterocycles. The van der Waals surface area contributed by atoms with Crippen LogP contribution in [0, 0.1) is 50.7 Å². The number of hydrogen-bond donors (Lipinski definition) is 3. The summed E-state index contributed by atoms with van der Waals surface area (Å²) in [6.07, 6.45) is 7.09. The molecule has 1 amide bonds.